The first-order valence-corrected chi connectivity index (χ1v) is 11.0. The van der Waals surface area contributed by atoms with E-state index in [0.717, 1.165) is 41.4 Å². The fourth-order valence-corrected chi connectivity index (χ4v) is 4.10. The standard InChI is InChI=1S/C25H33N3O4/c1-24(2,3)15-11-12-19-17(13-15)21(16-9-7-8-10-18(16)26-19)22(30)32-14-20(29)27-23(31)28-25(4,5)6/h7-10,15H,11-14H2,1-6H3,(H2,27,28,29,31). The lowest BCUT2D eigenvalue weighted by Gasteiger charge is -2.35. The van der Waals surface area contributed by atoms with Crippen molar-refractivity contribution >= 4 is 28.8 Å². The molecule has 1 heterocycles. The predicted octanol–water partition coefficient (Wildman–Crippen LogP) is 4.17. The van der Waals surface area contributed by atoms with Gasteiger partial charge in [-0.3, -0.25) is 15.1 Å². The van der Waals surface area contributed by atoms with Gasteiger partial charge in [-0.1, -0.05) is 39.0 Å². The van der Waals surface area contributed by atoms with E-state index in [-0.39, 0.29) is 5.41 Å². The minimum absolute atomic E-state index is 0.102. The average molecular weight is 440 g/mol. The van der Waals surface area contributed by atoms with Crippen LogP contribution in [-0.2, 0) is 22.4 Å². The van der Waals surface area contributed by atoms with E-state index in [1.165, 1.54) is 0 Å². The Bertz CT molecular complexity index is 1050. The van der Waals surface area contributed by atoms with Crippen LogP contribution in [0.1, 0.15) is 69.6 Å². The maximum atomic E-state index is 13.2. The normalized spacial score (nSPS) is 16.2. The summed E-state index contributed by atoms with van der Waals surface area (Å²) in [6.45, 7) is 11.5. The number of aryl methyl sites for hydroxylation is 1. The molecular formula is C25H33N3O4. The van der Waals surface area contributed by atoms with Gasteiger partial charge in [0.25, 0.3) is 5.91 Å². The SMILES string of the molecule is CC(C)(C)NC(=O)NC(=O)COC(=O)c1c2c(nc3ccccc13)CCC(C(C)(C)C)C2. The number of benzene rings is 1. The zero-order valence-electron chi connectivity index (χ0n) is 19.8. The second kappa shape index (κ2) is 8.88. The molecule has 0 saturated carbocycles. The number of hydrogen-bond donors (Lipinski definition) is 2. The Kier molecular flexibility index (Phi) is 6.58. The van der Waals surface area contributed by atoms with Crippen molar-refractivity contribution in [1.82, 2.24) is 15.6 Å². The molecule has 0 saturated heterocycles. The molecule has 1 aromatic heterocycles. The number of urea groups is 1. The number of carbonyl (C=O) groups is 3. The Balaban J connectivity index is 1.83. The van der Waals surface area contributed by atoms with Crippen molar-refractivity contribution < 1.29 is 19.1 Å². The lowest BCUT2D eigenvalue weighted by atomic mass is 9.70. The first-order chi connectivity index (χ1) is 14.8. The Morgan fingerprint density at radius 1 is 1.09 bits per heavy atom. The van der Waals surface area contributed by atoms with Crippen molar-refractivity contribution in [2.24, 2.45) is 11.3 Å². The van der Waals surface area contributed by atoms with E-state index in [4.69, 9.17) is 9.72 Å². The van der Waals surface area contributed by atoms with E-state index in [0.29, 0.717) is 11.5 Å². The van der Waals surface area contributed by atoms with Gasteiger partial charge in [0, 0.05) is 16.6 Å². The van der Waals surface area contributed by atoms with Gasteiger partial charge in [0.1, 0.15) is 0 Å². The summed E-state index contributed by atoms with van der Waals surface area (Å²) in [6, 6.07) is 6.86. The van der Waals surface area contributed by atoms with Crippen molar-refractivity contribution in [3.63, 3.8) is 0 Å². The molecule has 0 radical (unpaired) electrons. The van der Waals surface area contributed by atoms with Crippen LogP contribution in [0.15, 0.2) is 24.3 Å². The number of esters is 1. The zero-order chi connectivity index (χ0) is 23.7. The summed E-state index contributed by atoms with van der Waals surface area (Å²) >= 11 is 0. The van der Waals surface area contributed by atoms with Gasteiger partial charge in [0.2, 0.25) is 0 Å². The number of imide groups is 1. The van der Waals surface area contributed by atoms with Crippen LogP contribution in [0, 0.1) is 11.3 Å². The number of para-hydroxylation sites is 1. The Morgan fingerprint density at radius 3 is 2.44 bits per heavy atom. The van der Waals surface area contributed by atoms with E-state index >= 15 is 0 Å². The van der Waals surface area contributed by atoms with Crippen molar-refractivity contribution in [2.75, 3.05) is 6.61 Å². The molecular weight excluding hydrogens is 406 g/mol. The number of aromatic nitrogens is 1. The number of pyridine rings is 1. The van der Waals surface area contributed by atoms with Gasteiger partial charge in [0.15, 0.2) is 6.61 Å². The third kappa shape index (κ3) is 5.64. The first kappa shape index (κ1) is 23.7. The summed E-state index contributed by atoms with van der Waals surface area (Å²) in [5, 5.41) is 5.54. The topological polar surface area (TPSA) is 97.4 Å². The maximum Gasteiger partial charge on any atom is 0.339 e. The number of hydrogen-bond acceptors (Lipinski definition) is 5. The van der Waals surface area contributed by atoms with Crippen LogP contribution in [-0.4, -0.2) is 35.0 Å². The highest BCUT2D eigenvalue weighted by Crippen LogP contribution is 2.39. The van der Waals surface area contributed by atoms with E-state index in [2.05, 4.69) is 31.4 Å². The lowest BCUT2D eigenvalue weighted by Crippen LogP contribution is -2.49. The monoisotopic (exact) mass is 439 g/mol. The molecule has 3 amide bonds. The van der Waals surface area contributed by atoms with Crippen LogP contribution in [0.4, 0.5) is 4.79 Å². The van der Waals surface area contributed by atoms with Crippen molar-refractivity contribution in [2.45, 2.75) is 66.3 Å². The van der Waals surface area contributed by atoms with Gasteiger partial charge in [0.05, 0.1) is 11.1 Å². The number of fused-ring (bicyclic) bond motifs is 2. The molecule has 2 N–H and O–H groups in total. The third-order valence-electron chi connectivity index (χ3n) is 5.76. The number of rotatable bonds is 3. The molecule has 0 aliphatic heterocycles. The second-order valence-corrected chi connectivity index (χ2v) is 10.6. The van der Waals surface area contributed by atoms with E-state index in [1.54, 1.807) is 20.8 Å². The molecule has 1 aliphatic carbocycles. The van der Waals surface area contributed by atoms with Crippen molar-refractivity contribution in [1.29, 1.82) is 0 Å². The number of carbonyl (C=O) groups excluding carboxylic acids is 3. The van der Waals surface area contributed by atoms with Crippen LogP contribution in [0.3, 0.4) is 0 Å². The van der Waals surface area contributed by atoms with Crippen LogP contribution in [0.25, 0.3) is 10.9 Å². The maximum absolute atomic E-state index is 13.2. The minimum Gasteiger partial charge on any atom is -0.452 e. The van der Waals surface area contributed by atoms with Gasteiger partial charge in [-0.15, -0.1) is 0 Å². The van der Waals surface area contributed by atoms with Gasteiger partial charge >= 0.3 is 12.0 Å². The largest absolute Gasteiger partial charge is 0.452 e. The smallest absolute Gasteiger partial charge is 0.339 e. The number of amides is 3. The molecule has 7 nitrogen and oxygen atoms in total. The molecule has 2 aromatic rings. The Labute approximate surface area is 189 Å². The summed E-state index contributed by atoms with van der Waals surface area (Å²) < 4.78 is 5.36. The highest BCUT2D eigenvalue weighted by molar-refractivity contribution is 6.06. The lowest BCUT2D eigenvalue weighted by molar-refractivity contribution is -0.123. The molecule has 32 heavy (non-hydrogen) atoms. The molecule has 0 bridgehead atoms. The molecule has 172 valence electrons. The summed E-state index contributed by atoms with van der Waals surface area (Å²) in [7, 11) is 0. The van der Waals surface area contributed by atoms with Gasteiger partial charge < -0.3 is 10.1 Å². The molecule has 7 heteroatoms. The summed E-state index contributed by atoms with van der Waals surface area (Å²) in [4.78, 5) is 42.0. The molecule has 1 aromatic carbocycles. The summed E-state index contributed by atoms with van der Waals surface area (Å²) in [6.07, 6.45) is 2.55. The molecule has 0 spiro atoms. The van der Waals surface area contributed by atoms with Crippen LogP contribution in [0.5, 0.6) is 0 Å². The third-order valence-corrected chi connectivity index (χ3v) is 5.76. The predicted molar refractivity (Wildman–Crippen MR) is 123 cm³/mol. The van der Waals surface area contributed by atoms with Crippen molar-refractivity contribution in [3.8, 4) is 0 Å². The summed E-state index contributed by atoms with van der Waals surface area (Å²) in [5.41, 5.74) is 2.66. The molecule has 0 fully saturated rings. The molecule has 1 unspecified atom stereocenters. The van der Waals surface area contributed by atoms with Gasteiger partial charge in [-0.2, -0.15) is 0 Å². The van der Waals surface area contributed by atoms with E-state index in [1.807, 2.05) is 24.3 Å². The second-order valence-electron chi connectivity index (χ2n) is 10.6. The molecule has 3 rings (SSSR count). The van der Waals surface area contributed by atoms with Crippen LogP contribution >= 0.6 is 0 Å². The number of ether oxygens (including phenoxy) is 1. The Morgan fingerprint density at radius 2 is 1.78 bits per heavy atom. The van der Waals surface area contributed by atoms with Gasteiger partial charge in [-0.25, -0.2) is 9.59 Å². The zero-order valence-corrected chi connectivity index (χ0v) is 19.8. The molecule has 1 aliphatic rings. The fourth-order valence-electron chi connectivity index (χ4n) is 4.10. The first-order valence-electron chi connectivity index (χ1n) is 11.0. The highest BCUT2D eigenvalue weighted by atomic mass is 16.5. The highest BCUT2D eigenvalue weighted by Gasteiger charge is 2.33. The molecule has 1 atom stereocenters. The van der Waals surface area contributed by atoms with E-state index < -0.39 is 30.1 Å². The van der Waals surface area contributed by atoms with Gasteiger partial charge in [-0.05, 0) is 63.0 Å². The number of nitrogens with zero attached hydrogens (tertiary/aromatic N) is 1. The fraction of sp³-hybridized carbons (Fsp3) is 0.520. The van der Waals surface area contributed by atoms with Crippen LogP contribution < -0.4 is 10.6 Å². The summed E-state index contributed by atoms with van der Waals surface area (Å²) in [5.74, 6) is -0.838. The number of nitrogens with one attached hydrogen (secondary N) is 2. The minimum atomic E-state index is -0.681. The quantitative estimate of drug-likeness (QED) is 0.700. The average Bonchev–Trinajstić information content (AvgIpc) is 2.67. The van der Waals surface area contributed by atoms with Crippen molar-refractivity contribution in [3.05, 3.63) is 41.1 Å². The van der Waals surface area contributed by atoms with E-state index in [9.17, 15) is 14.4 Å². The Hall–Kier alpha value is -2.96. The van der Waals surface area contributed by atoms with Crippen LogP contribution in [0.2, 0.25) is 0 Å².